The van der Waals surface area contributed by atoms with E-state index in [9.17, 15) is 14.7 Å². The van der Waals surface area contributed by atoms with Crippen molar-refractivity contribution in [3.8, 4) is 0 Å². The van der Waals surface area contributed by atoms with Crippen molar-refractivity contribution in [3.05, 3.63) is 137 Å². The van der Waals surface area contributed by atoms with Crippen LogP contribution in [-0.4, -0.2) is 71.0 Å². The largest absolute Gasteiger partial charge is 0.385 e. The summed E-state index contributed by atoms with van der Waals surface area (Å²) in [6.45, 7) is 4.15. The number of rotatable bonds is 11. The Morgan fingerprint density at radius 2 is 1.44 bits per heavy atom. The van der Waals surface area contributed by atoms with E-state index in [-0.39, 0.29) is 42.5 Å². The number of halogens is 3. The van der Waals surface area contributed by atoms with Crippen molar-refractivity contribution < 1.29 is 14.7 Å². The van der Waals surface area contributed by atoms with Crippen LogP contribution in [0.2, 0.25) is 5.02 Å². The smallest absolute Gasteiger partial charge is 0.255 e. The zero-order valence-corrected chi connectivity index (χ0v) is 30.6. The van der Waals surface area contributed by atoms with Crippen LogP contribution in [0.15, 0.2) is 109 Å². The molecule has 2 fully saturated rings. The van der Waals surface area contributed by atoms with Gasteiger partial charge in [0.05, 0.1) is 11.2 Å². The molecule has 2 N–H and O–H groups in total. The monoisotopic (exact) mass is 736 g/mol. The van der Waals surface area contributed by atoms with Crippen LogP contribution in [-0.2, 0) is 15.8 Å². The molecule has 2 aliphatic rings. The number of likely N-dealkylation sites (tertiary alicyclic amines) is 2. The van der Waals surface area contributed by atoms with Gasteiger partial charge in [-0.05, 0) is 86.0 Å². The number of pyridine rings is 1. The molecule has 2 aliphatic heterocycles. The molecule has 0 aliphatic carbocycles. The second-order valence-corrected chi connectivity index (χ2v) is 13.8. The van der Waals surface area contributed by atoms with Crippen LogP contribution in [0.3, 0.4) is 0 Å². The van der Waals surface area contributed by atoms with Gasteiger partial charge in [-0.1, -0.05) is 84.4 Å². The summed E-state index contributed by atoms with van der Waals surface area (Å²) in [5.41, 5.74) is 2.65. The van der Waals surface area contributed by atoms with E-state index in [2.05, 4.69) is 63.7 Å². The van der Waals surface area contributed by atoms with Gasteiger partial charge in [0.25, 0.3) is 5.91 Å². The minimum Gasteiger partial charge on any atom is -0.385 e. The fraction of sp³-hybridized carbons (Fsp3) is 0.375. The van der Waals surface area contributed by atoms with Gasteiger partial charge in [0.1, 0.15) is 0 Å². The number of hydrogen-bond donors (Lipinski definition) is 2. The van der Waals surface area contributed by atoms with Gasteiger partial charge in [0.2, 0.25) is 5.91 Å². The van der Waals surface area contributed by atoms with Crippen LogP contribution in [0.1, 0.15) is 65.6 Å². The molecule has 2 saturated heterocycles. The zero-order chi connectivity index (χ0) is 33.4. The van der Waals surface area contributed by atoms with E-state index in [0.717, 1.165) is 38.0 Å². The third-order valence-electron chi connectivity index (χ3n) is 10.4. The molecular formula is C40H47Cl3N4O3. The zero-order valence-electron chi connectivity index (χ0n) is 28.3. The number of hydrogen-bond acceptors (Lipinski definition) is 5. The van der Waals surface area contributed by atoms with Gasteiger partial charge >= 0.3 is 0 Å². The summed E-state index contributed by atoms with van der Waals surface area (Å²) < 4.78 is 0. The van der Waals surface area contributed by atoms with Crippen molar-refractivity contribution in [1.29, 1.82) is 0 Å². The summed E-state index contributed by atoms with van der Waals surface area (Å²) in [5.74, 6) is -0.116. The molecule has 10 heteroatoms. The normalized spacial score (nSPS) is 16.5. The highest BCUT2D eigenvalue weighted by Crippen LogP contribution is 2.38. The minimum atomic E-state index is -0.828. The van der Waals surface area contributed by atoms with E-state index in [1.807, 2.05) is 41.3 Å². The lowest BCUT2D eigenvalue weighted by molar-refractivity contribution is -0.126. The quantitative estimate of drug-likeness (QED) is 0.169. The highest BCUT2D eigenvalue weighted by atomic mass is 35.5. The maximum Gasteiger partial charge on any atom is 0.255 e. The first kappa shape index (κ1) is 39.3. The van der Waals surface area contributed by atoms with E-state index in [1.54, 1.807) is 24.5 Å². The number of amides is 2. The molecule has 3 heterocycles. The molecule has 266 valence electrons. The Labute approximate surface area is 313 Å². The molecule has 0 spiro atoms. The van der Waals surface area contributed by atoms with Gasteiger partial charge in [-0.2, -0.15) is 0 Å². The summed E-state index contributed by atoms with van der Waals surface area (Å²) >= 11 is 6.09. The van der Waals surface area contributed by atoms with E-state index >= 15 is 0 Å². The third kappa shape index (κ3) is 9.25. The van der Waals surface area contributed by atoms with Crippen molar-refractivity contribution >= 4 is 48.2 Å². The fourth-order valence-electron chi connectivity index (χ4n) is 7.46. The Bertz CT molecular complexity index is 1590. The minimum absolute atomic E-state index is 0. The second kappa shape index (κ2) is 18.2. The first-order valence-corrected chi connectivity index (χ1v) is 17.5. The molecule has 0 saturated carbocycles. The molecule has 3 aromatic carbocycles. The number of aliphatic hydroxyl groups is 1. The van der Waals surface area contributed by atoms with Crippen LogP contribution in [0.25, 0.3) is 0 Å². The molecule has 2 amide bonds. The Balaban J connectivity index is 0.00000281. The van der Waals surface area contributed by atoms with Crippen LogP contribution < -0.4 is 5.32 Å². The third-order valence-corrected chi connectivity index (χ3v) is 10.7. The van der Waals surface area contributed by atoms with Gasteiger partial charge < -0.3 is 20.2 Å². The van der Waals surface area contributed by atoms with E-state index in [0.29, 0.717) is 55.9 Å². The lowest BCUT2D eigenvalue weighted by atomic mass is 9.71. The van der Waals surface area contributed by atoms with E-state index < -0.39 is 11.0 Å². The van der Waals surface area contributed by atoms with Crippen molar-refractivity contribution in [2.75, 3.05) is 39.3 Å². The lowest BCUT2D eigenvalue weighted by Gasteiger charge is -2.40. The van der Waals surface area contributed by atoms with Gasteiger partial charge in [0.15, 0.2) is 0 Å². The van der Waals surface area contributed by atoms with Gasteiger partial charge in [0, 0.05) is 61.5 Å². The van der Waals surface area contributed by atoms with Crippen molar-refractivity contribution in [2.45, 2.75) is 49.5 Å². The highest BCUT2D eigenvalue weighted by Gasteiger charge is 2.37. The van der Waals surface area contributed by atoms with Crippen LogP contribution in [0.5, 0.6) is 0 Å². The number of carbonyl (C=O) groups excluding carboxylic acids is 2. The number of carbonyl (C=O) groups is 2. The van der Waals surface area contributed by atoms with E-state index in [1.165, 1.54) is 11.1 Å². The SMILES string of the molecule is Cl.Cl.O=C(NCC(CCCN1CCC(O)(c2ccc(Cl)cc2)CC1)(c1ccccc1)c1ccccc1)C1CCN(C(=O)c2cccnc2)CC1. The highest BCUT2D eigenvalue weighted by molar-refractivity contribution is 6.30. The second-order valence-electron chi connectivity index (χ2n) is 13.3. The number of nitrogens with zero attached hydrogens (tertiary/aromatic N) is 3. The Hall–Kier alpha value is -3.46. The number of benzene rings is 3. The summed E-state index contributed by atoms with van der Waals surface area (Å²) in [4.78, 5) is 35.0. The molecule has 7 nitrogen and oxygen atoms in total. The molecule has 4 aromatic rings. The van der Waals surface area contributed by atoms with Crippen molar-refractivity contribution in [2.24, 2.45) is 5.92 Å². The van der Waals surface area contributed by atoms with Crippen LogP contribution >= 0.6 is 36.4 Å². The van der Waals surface area contributed by atoms with Crippen LogP contribution in [0, 0.1) is 5.92 Å². The first-order valence-electron chi connectivity index (χ1n) is 17.2. The fourth-order valence-corrected chi connectivity index (χ4v) is 7.59. The van der Waals surface area contributed by atoms with Gasteiger partial charge in [-0.3, -0.25) is 14.6 Å². The molecule has 0 bridgehead atoms. The average molecular weight is 738 g/mol. The lowest BCUT2D eigenvalue weighted by Crippen LogP contribution is -2.47. The first-order chi connectivity index (χ1) is 23.4. The molecule has 0 radical (unpaired) electrons. The summed E-state index contributed by atoms with van der Waals surface area (Å²) in [6, 6.07) is 32.2. The molecule has 0 atom stereocenters. The number of nitrogens with one attached hydrogen (secondary N) is 1. The van der Waals surface area contributed by atoms with Gasteiger partial charge in [-0.25, -0.2) is 0 Å². The van der Waals surface area contributed by atoms with Crippen molar-refractivity contribution in [1.82, 2.24) is 20.1 Å². The van der Waals surface area contributed by atoms with Crippen molar-refractivity contribution in [3.63, 3.8) is 0 Å². The maximum absolute atomic E-state index is 13.7. The predicted octanol–water partition coefficient (Wildman–Crippen LogP) is 7.30. The molecule has 1 aromatic heterocycles. The summed E-state index contributed by atoms with van der Waals surface area (Å²) in [6.07, 6.45) is 7.69. The Morgan fingerprint density at radius 3 is 2.00 bits per heavy atom. The average Bonchev–Trinajstić information content (AvgIpc) is 3.15. The molecule has 50 heavy (non-hydrogen) atoms. The molecule has 6 rings (SSSR count). The maximum atomic E-state index is 13.7. The molecular weight excluding hydrogens is 691 g/mol. The standard InChI is InChI=1S/C40H45ClN4O3.2ClH/c41-36-16-14-35(15-17-36)40(48)21-27-44(28-22-40)24-8-20-39(33-10-3-1-4-11-33,34-12-5-2-6-13-34)30-43-37(46)31-18-25-45(26-19-31)38(47)32-9-7-23-42-29-32;;/h1-7,9-17,23,29,31,48H,8,18-22,24-28,30H2,(H,43,46);2*1H. The number of aromatic nitrogens is 1. The molecule has 0 unspecified atom stereocenters. The van der Waals surface area contributed by atoms with Gasteiger partial charge in [-0.15, -0.1) is 24.8 Å². The summed E-state index contributed by atoms with van der Waals surface area (Å²) in [7, 11) is 0. The van der Waals surface area contributed by atoms with E-state index in [4.69, 9.17) is 11.6 Å². The predicted molar refractivity (Wildman–Crippen MR) is 204 cm³/mol. The Morgan fingerprint density at radius 1 is 0.840 bits per heavy atom. The topological polar surface area (TPSA) is 85.8 Å². The van der Waals surface area contributed by atoms with Crippen LogP contribution in [0.4, 0.5) is 0 Å². The Kier molecular flexibility index (Phi) is 14.3. The summed E-state index contributed by atoms with van der Waals surface area (Å²) in [5, 5.41) is 15.4. The number of piperidine rings is 2.